The molecule has 0 radical (unpaired) electrons. The minimum absolute atomic E-state index is 0.229. The van der Waals surface area contributed by atoms with E-state index in [1.54, 1.807) is 0 Å². The molecule has 0 amide bonds. The molecular formula is C9H6Cl2O3. The normalized spacial score (nSPS) is 9.57. The number of halogens is 2. The average Bonchev–Trinajstić information content (AvgIpc) is 2.18. The van der Waals surface area contributed by atoms with Gasteiger partial charge in [-0.15, -0.1) is 11.6 Å². The quantitative estimate of drug-likeness (QED) is 0.348. The van der Waals surface area contributed by atoms with Gasteiger partial charge in [0.2, 0.25) is 0 Å². The van der Waals surface area contributed by atoms with E-state index in [9.17, 15) is 9.59 Å². The van der Waals surface area contributed by atoms with Gasteiger partial charge in [-0.3, -0.25) is 9.59 Å². The molecule has 0 spiro atoms. The predicted molar refractivity (Wildman–Crippen MR) is 53.2 cm³/mol. The Bertz CT molecular complexity index is 363. The molecule has 14 heavy (non-hydrogen) atoms. The highest BCUT2D eigenvalue weighted by Crippen LogP contribution is 2.21. The largest absolute Gasteiger partial charge is 0.426 e. The average molecular weight is 233 g/mol. The summed E-state index contributed by atoms with van der Waals surface area (Å²) >= 11 is 10.9. The van der Waals surface area contributed by atoms with Gasteiger partial charge in [0.15, 0.2) is 6.29 Å². The highest BCUT2D eigenvalue weighted by atomic mass is 35.5. The number of carbonyl (C=O) groups excluding carboxylic acids is 2. The maximum Gasteiger partial charge on any atom is 0.326 e. The van der Waals surface area contributed by atoms with E-state index in [0.717, 1.165) is 0 Å². The molecule has 1 aromatic rings. The second-order valence-electron chi connectivity index (χ2n) is 2.41. The van der Waals surface area contributed by atoms with Crippen LogP contribution < -0.4 is 4.74 Å². The van der Waals surface area contributed by atoms with Crippen molar-refractivity contribution in [2.45, 2.75) is 0 Å². The third kappa shape index (κ3) is 2.72. The molecule has 0 aliphatic carbocycles. The Morgan fingerprint density at radius 1 is 1.50 bits per heavy atom. The van der Waals surface area contributed by atoms with Crippen LogP contribution in [0.3, 0.4) is 0 Å². The standard InChI is InChI=1S/C9H6Cl2O3/c10-4-9(13)14-7-2-1-6(5-12)8(11)3-7/h1-3,5H,4H2. The van der Waals surface area contributed by atoms with E-state index in [4.69, 9.17) is 27.9 Å². The van der Waals surface area contributed by atoms with Crippen molar-refractivity contribution in [1.29, 1.82) is 0 Å². The van der Waals surface area contributed by atoms with Crippen LogP contribution in [0.15, 0.2) is 18.2 Å². The van der Waals surface area contributed by atoms with Gasteiger partial charge in [-0.2, -0.15) is 0 Å². The van der Waals surface area contributed by atoms with Crippen molar-refractivity contribution in [3.8, 4) is 5.75 Å². The minimum atomic E-state index is -0.568. The number of rotatable bonds is 3. The minimum Gasteiger partial charge on any atom is -0.426 e. The van der Waals surface area contributed by atoms with Gasteiger partial charge < -0.3 is 4.74 Å². The van der Waals surface area contributed by atoms with Gasteiger partial charge in [-0.05, 0) is 12.1 Å². The molecule has 74 valence electrons. The van der Waals surface area contributed by atoms with Gasteiger partial charge in [-0.1, -0.05) is 11.6 Å². The highest BCUT2D eigenvalue weighted by Gasteiger charge is 2.05. The first-order valence-corrected chi connectivity index (χ1v) is 4.60. The van der Waals surface area contributed by atoms with Gasteiger partial charge in [0.1, 0.15) is 11.6 Å². The molecule has 3 nitrogen and oxygen atoms in total. The van der Waals surface area contributed by atoms with E-state index in [1.165, 1.54) is 18.2 Å². The summed E-state index contributed by atoms with van der Waals surface area (Å²) in [5, 5.41) is 0.236. The van der Waals surface area contributed by atoms with Gasteiger partial charge in [0.05, 0.1) is 5.02 Å². The zero-order valence-electron chi connectivity index (χ0n) is 7.00. The van der Waals surface area contributed by atoms with E-state index < -0.39 is 5.97 Å². The van der Waals surface area contributed by atoms with Crippen LogP contribution in [0.2, 0.25) is 5.02 Å². The second kappa shape index (κ2) is 4.98. The van der Waals surface area contributed by atoms with Gasteiger partial charge in [0.25, 0.3) is 0 Å². The van der Waals surface area contributed by atoms with Crippen molar-refractivity contribution in [3.63, 3.8) is 0 Å². The van der Waals surface area contributed by atoms with Crippen LogP contribution in [0, 0.1) is 0 Å². The first-order valence-electron chi connectivity index (χ1n) is 3.68. The Morgan fingerprint density at radius 3 is 2.71 bits per heavy atom. The Balaban J connectivity index is 2.86. The molecule has 0 atom stereocenters. The molecule has 0 saturated heterocycles. The Kier molecular flexibility index (Phi) is 3.92. The van der Waals surface area contributed by atoms with E-state index in [0.29, 0.717) is 11.8 Å². The van der Waals surface area contributed by atoms with E-state index >= 15 is 0 Å². The number of alkyl halides is 1. The lowest BCUT2D eigenvalue weighted by atomic mass is 10.2. The van der Waals surface area contributed by atoms with E-state index in [1.807, 2.05) is 0 Å². The molecule has 1 aromatic carbocycles. The maximum atomic E-state index is 10.8. The van der Waals surface area contributed by atoms with Crippen LogP contribution in [0.5, 0.6) is 5.75 Å². The molecule has 0 aromatic heterocycles. The number of hydrogen-bond donors (Lipinski definition) is 0. The summed E-state index contributed by atoms with van der Waals surface area (Å²) < 4.78 is 4.77. The third-order valence-electron chi connectivity index (χ3n) is 1.44. The fourth-order valence-corrected chi connectivity index (χ4v) is 1.10. The zero-order valence-corrected chi connectivity index (χ0v) is 8.51. The number of carbonyl (C=O) groups is 2. The van der Waals surface area contributed by atoms with Crippen LogP contribution in [-0.4, -0.2) is 18.1 Å². The number of benzene rings is 1. The van der Waals surface area contributed by atoms with Gasteiger partial charge >= 0.3 is 5.97 Å². The van der Waals surface area contributed by atoms with Crippen molar-refractivity contribution in [3.05, 3.63) is 28.8 Å². The first-order chi connectivity index (χ1) is 6.67. The van der Waals surface area contributed by atoms with Crippen molar-refractivity contribution in [2.24, 2.45) is 0 Å². The molecule has 0 heterocycles. The monoisotopic (exact) mass is 232 g/mol. The van der Waals surface area contributed by atoms with Gasteiger partial charge in [0, 0.05) is 11.6 Å². The maximum absolute atomic E-state index is 10.8. The van der Waals surface area contributed by atoms with Gasteiger partial charge in [-0.25, -0.2) is 0 Å². The van der Waals surface area contributed by atoms with Crippen LogP contribution in [0.25, 0.3) is 0 Å². The summed E-state index contributed by atoms with van der Waals surface area (Å²) in [6.07, 6.45) is 0.621. The lowest BCUT2D eigenvalue weighted by Gasteiger charge is -2.03. The molecule has 1 rings (SSSR count). The molecule has 0 aliphatic heterocycles. The van der Waals surface area contributed by atoms with Crippen LogP contribution >= 0.6 is 23.2 Å². The second-order valence-corrected chi connectivity index (χ2v) is 3.08. The van der Waals surface area contributed by atoms with E-state index in [-0.39, 0.29) is 16.7 Å². The summed E-state index contributed by atoms with van der Waals surface area (Å²) in [6.45, 7) is 0. The molecule has 0 unspecified atom stereocenters. The summed E-state index contributed by atoms with van der Waals surface area (Å²) in [5.74, 6) is -0.527. The van der Waals surface area contributed by atoms with Crippen LogP contribution in [0.4, 0.5) is 0 Å². The predicted octanol–water partition coefficient (Wildman–Crippen LogP) is 2.30. The first kappa shape index (κ1) is 11.0. The Hall–Kier alpha value is -1.06. The number of hydrogen-bond acceptors (Lipinski definition) is 3. The number of aldehydes is 1. The lowest BCUT2D eigenvalue weighted by Crippen LogP contribution is -2.08. The Morgan fingerprint density at radius 2 is 2.21 bits per heavy atom. The smallest absolute Gasteiger partial charge is 0.326 e. The highest BCUT2D eigenvalue weighted by molar-refractivity contribution is 6.33. The molecule has 5 heteroatoms. The summed E-state index contributed by atoms with van der Waals surface area (Å²) in [7, 11) is 0. The molecule has 0 aliphatic rings. The number of ether oxygens (including phenoxy) is 1. The molecular weight excluding hydrogens is 227 g/mol. The summed E-state index contributed by atoms with van der Waals surface area (Å²) in [5.41, 5.74) is 0.345. The molecule has 0 N–H and O–H groups in total. The summed E-state index contributed by atoms with van der Waals surface area (Å²) in [6, 6.07) is 4.32. The van der Waals surface area contributed by atoms with E-state index in [2.05, 4.69) is 0 Å². The third-order valence-corrected chi connectivity index (χ3v) is 1.99. The fourth-order valence-electron chi connectivity index (χ4n) is 0.826. The topological polar surface area (TPSA) is 43.4 Å². The van der Waals surface area contributed by atoms with Crippen LogP contribution in [-0.2, 0) is 4.79 Å². The molecule has 0 saturated carbocycles. The van der Waals surface area contributed by atoms with Crippen LogP contribution in [0.1, 0.15) is 10.4 Å². The zero-order chi connectivity index (χ0) is 10.6. The number of esters is 1. The van der Waals surface area contributed by atoms with Crippen molar-refractivity contribution < 1.29 is 14.3 Å². The SMILES string of the molecule is O=Cc1ccc(OC(=O)CCl)cc1Cl. The lowest BCUT2D eigenvalue weighted by molar-refractivity contribution is -0.131. The van der Waals surface area contributed by atoms with Crippen molar-refractivity contribution in [1.82, 2.24) is 0 Å². The Labute approximate surface area is 90.6 Å². The summed E-state index contributed by atoms with van der Waals surface area (Å²) in [4.78, 5) is 21.2. The fraction of sp³-hybridized carbons (Fsp3) is 0.111. The molecule has 0 bridgehead atoms. The molecule has 0 fully saturated rings. The van der Waals surface area contributed by atoms with Crippen molar-refractivity contribution >= 4 is 35.5 Å². The van der Waals surface area contributed by atoms with Crippen molar-refractivity contribution in [2.75, 3.05) is 5.88 Å².